The Balaban J connectivity index is 1.95. The van der Waals surface area contributed by atoms with E-state index in [4.69, 9.17) is 0 Å². The van der Waals surface area contributed by atoms with E-state index in [1.165, 1.54) is 0 Å². The molecule has 28 heavy (non-hydrogen) atoms. The van der Waals surface area contributed by atoms with Crippen molar-refractivity contribution >= 4 is 22.6 Å². The van der Waals surface area contributed by atoms with Gasteiger partial charge in [0, 0.05) is 17.8 Å². The zero-order chi connectivity index (χ0) is 20.1. The first kappa shape index (κ1) is 19.7. The summed E-state index contributed by atoms with van der Waals surface area (Å²) in [5.41, 5.74) is 1.61. The van der Waals surface area contributed by atoms with Gasteiger partial charge in [0.25, 0.3) is 5.56 Å². The van der Waals surface area contributed by atoms with E-state index in [1.807, 2.05) is 24.3 Å². The van der Waals surface area contributed by atoms with Crippen molar-refractivity contribution in [2.45, 2.75) is 46.5 Å². The van der Waals surface area contributed by atoms with Gasteiger partial charge in [-0.15, -0.1) is 0 Å². The van der Waals surface area contributed by atoms with Crippen molar-refractivity contribution in [3.8, 4) is 5.69 Å². The molecular weight excluding hydrogens is 352 g/mol. The Kier molecular flexibility index (Phi) is 6.19. The summed E-state index contributed by atoms with van der Waals surface area (Å²) in [5, 5.41) is 3.48. The van der Waals surface area contributed by atoms with Crippen molar-refractivity contribution in [3.63, 3.8) is 0 Å². The van der Waals surface area contributed by atoms with Gasteiger partial charge in [0.15, 0.2) is 5.65 Å². The average Bonchev–Trinajstić information content (AvgIpc) is 2.68. The van der Waals surface area contributed by atoms with Crippen LogP contribution in [0.15, 0.2) is 47.4 Å². The number of carbonyl (C=O) groups excluding carboxylic acids is 1. The summed E-state index contributed by atoms with van der Waals surface area (Å²) in [7, 11) is 0. The smallest absolute Gasteiger partial charge is 0.267 e. The fraction of sp³-hybridized carbons (Fsp3) is 0.364. The van der Waals surface area contributed by atoms with Gasteiger partial charge in [-0.3, -0.25) is 14.2 Å². The minimum absolute atomic E-state index is 0.0107. The maximum absolute atomic E-state index is 13.0. The molecule has 2 aromatic heterocycles. The number of aromatic nitrogens is 3. The maximum atomic E-state index is 13.0. The Bertz CT molecular complexity index is 1040. The van der Waals surface area contributed by atoms with E-state index in [9.17, 15) is 9.59 Å². The number of carbonyl (C=O) groups is 1. The van der Waals surface area contributed by atoms with E-state index in [0.29, 0.717) is 28.2 Å². The number of hydrogen-bond donors (Lipinski definition) is 1. The third kappa shape index (κ3) is 4.11. The fourth-order valence-electron chi connectivity index (χ4n) is 3.50. The van der Waals surface area contributed by atoms with Gasteiger partial charge in [-0.05, 0) is 50.1 Å². The lowest BCUT2D eigenvalue weighted by Crippen LogP contribution is -2.24. The molecule has 0 aliphatic rings. The van der Waals surface area contributed by atoms with Crippen LogP contribution in [-0.2, 0) is 4.79 Å². The molecule has 3 aromatic rings. The van der Waals surface area contributed by atoms with Gasteiger partial charge < -0.3 is 5.32 Å². The first-order valence-corrected chi connectivity index (χ1v) is 9.80. The van der Waals surface area contributed by atoms with Gasteiger partial charge in [-0.25, -0.2) is 9.97 Å². The minimum Gasteiger partial charge on any atom is -0.326 e. The third-order valence-electron chi connectivity index (χ3n) is 4.83. The predicted molar refractivity (Wildman–Crippen MR) is 112 cm³/mol. The number of fused-ring (bicyclic) bond motifs is 1. The molecule has 0 saturated carbocycles. The molecule has 0 atom stereocenters. The zero-order valence-electron chi connectivity index (χ0n) is 16.6. The number of aryl methyl sites for hydroxylation is 1. The summed E-state index contributed by atoms with van der Waals surface area (Å²) < 4.78 is 1.55. The van der Waals surface area contributed by atoms with Crippen LogP contribution in [0, 0.1) is 12.8 Å². The van der Waals surface area contributed by atoms with Gasteiger partial charge in [0.2, 0.25) is 5.91 Å². The average molecular weight is 378 g/mol. The van der Waals surface area contributed by atoms with Crippen LogP contribution >= 0.6 is 0 Å². The summed E-state index contributed by atoms with van der Waals surface area (Å²) in [5.74, 6) is 0.594. The summed E-state index contributed by atoms with van der Waals surface area (Å²) in [6, 6.07) is 10.8. The largest absolute Gasteiger partial charge is 0.326 e. The predicted octanol–water partition coefficient (Wildman–Crippen LogP) is 4.24. The van der Waals surface area contributed by atoms with Crippen molar-refractivity contribution in [1.29, 1.82) is 0 Å². The fourth-order valence-corrected chi connectivity index (χ4v) is 3.50. The van der Waals surface area contributed by atoms with Crippen molar-refractivity contribution < 1.29 is 4.79 Å². The van der Waals surface area contributed by atoms with Crippen LogP contribution in [0.1, 0.15) is 45.4 Å². The molecule has 0 saturated heterocycles. The summed E-state index contributed by atoms with van der Waals surface area (Å²) in [4.78, 5) is 34.2. The van der Waals surface area contributed by atoms with Crippen LogP contribution in [0.2, 0.25) is 0 Å². The number of nitrogens with zero attached hydrogens (tertiary/aromatic N) is 3. The van der Waals surface area contributed by atoms with Crippen molar-refractivity contribution in [2.75, 3.05) is 5.32 Å². The lowest BCUT2D eigenvalue weighted by Gasteiger charge is -2.16. The lowest BCUT2D eigenvalue weighted by atomic mass is 9.97. The molecule has 0 spiro atoms. The molecule has 0 radical (unpaired) electrons. The number of amides is 1. The third-order valence-corrected chi connectivity index (χ3v) is 4.83. The number of hydrogen-bond acceptors (Lipinski definition) is 4. The highest BCUT2D eigenvalue weighted by Gasteiger charge is 2.17. The molecule has 1 aromatic carbocycles. The number of pyridine rings is 1. The van der Waals surface area contributed by atoms with Crippen LogP contribution in [0.4, 0.5) is 5.69 Å². The van der Waals surface area contributed by atoms with Gasteiger partial charge in [-0.1, -0.05) is 32.8 Å². The van der Waals surface area contributed by atoms with Crippen LogP contribution < -0.4 is 10.9 Å². The quantitative estimate of drug-likeness (QED) is 0.667. The molecule has 0 fully saturated rings. The molecule has 0 bridgehead atoms. The van der Waals surface area contributed by atoms with E-state index in [2.05, 4.69) is 29.1 Å². The molecule has 146 valence electrons. The van der Waals surface area contributed by atoms with Crippen LogP contribution in [0.5, 0.6) is 0 Å². The van der Waals surface area contributed by atoms with Crippen LogP contribution in [0.3, 0.4) is 0 Å². The highest BCUT2D eigenvalue weighted by Crippen LogP contribution is 2.19. The number of nitrogens with one attached hydrogen (secondary N) is 1. The van der Waals surface area contributed by atoms with Gasteiger partial charge in [0.05, 0.1) is 11.1 Å². The highest BCUT2D eigenvalue weighted by molar-refractivity contribution is 5.92. The lowest BCUT2D eigenvalue weighted by molar-refractivity contribution is -0.120. The normalized spacial score (nSPS) is 11.1. The number of rotatable bonds is 7. The minimum atomic E-state index is -0.172. The van der Waals surface area contributed by atoms with Crippen molar-refractivity contribution in [1.82, 2.24) is 14.5 Å². The molecule has 0 unspecified atom stereocenters. The molecule has 6 heteroatoms. The van der Waals surface area contributed by atoms with Crippen molar-refractivity contribution in [2.24, 2.45) is 5.92 Å². The van der Waals surface area contributed by atoms with Gasteiger partial charge >= 0.3 is 0 Å². The Morgan fingerprint density at radius 2 is 1.89 bits per heavy atom. The zero-order valence-corrected chi connectivity index (χ0v) is 16.6. The molecule has 0 aliphatic heterocycles. The first-order chi connectivity index (χ1) is 13.5. The molecule has 1 amide bonds. The SMILES string of the molecule is CCCC(CCC)C(=O)Nc1cccc(-n2c(C)nc3ncccc3c2=O)c1. The van der Waals surface area contributed by atoms with Crippen LogP contribution in [-0.4, -0.2) is 20.4 Å². The summed E-state index contributed by atoms with van der Waals surface area (Å²) in [6.07, 6.45) is 5.32. The van der Waals surface area contributed by atoms with E-state index in [-0.39, 0.29) is 17.4 Å². The second-order valence-electron chi connectivity index (χ2n) is 6.99. The van der Waals surface area contributed by atoms with Crippen LogP contribution in [0.25, 0.3) is 16.7 Å². The second-order valence-corrected chi connectivity index (χ2v) is 6.99. The van der Waals surface area contributed by atoms with E-state index in [0.717, 1.165) is 25.7 Å². The number of anilines is 1. The molecular formula is C22H26N4O2. The Hall–Kier alpha value is -3.02. The van der Waals surface area contributed by atoms with E-state index >= 15 is 0 Å². The monoisotopic (exact) mass is 378 g/mol. The molecule has 1 N–H and O–H groups in total. The number of benzene rings is 1. The van der Waals surface area contributed by atoms with Gasteiger partial charge in [-0.2, -0.15) is 0 Å². The summed E-state index contributed by atoms with van der Waals surface area (Å²) in [6.45, 7) is 5.96. The first-order valence-electron chi connectivity index (χ1n) is 9.80. The molecule has 3 rings (SSSR count). The topological polar surface area (TPSA) is 76.9 Å². The molecule has 0 aliphatic carbocycles. The molecule has 2 heterocycles. The van der Waals surface area contributed by atoms with E-state index < -0.39 is 0 Å². The maximum Gasteiger partial charge on any atom is 0.267 e. The highest BCUT2D eigenvalue weighted by atomic mass is 16.2. The Morgan fingerprint density at radius 1 is 1.14 bits per heavy atom. The second kappa shape index (κ2) is 8.78. The Labute approximate surface area is 164 Å². The van der Waals surface area contributed by atoms with E-state index in [1.54, 1.807) is 29.8 Å². The van der Waals surface area contributed by atoms with Gasteiger partial charge in [0.1, 0.15) is 5.82 Å². The standard InChI is InChI=1S/C22H26N4O2/c1-4-8-16(9-5-2)21(27)25-17-10-6-11-18(14-17)26-15(3)24-20-19(22(26)28)12-7-13-23-20/h6-7,10-14,16H,4-5,8-9H2,1-3H3,(H,25,27). The summed E-state index contributed by atoms with van der Waals surface area (Å²) >= 11 is 0. The van der Waals surface area contributed by atoms with Crippen molar-refractivity contribution in [3.05, 3.63) is 58.8 Å². The molecule has 6 nitrogen and oxygen atoms in total. The Morgan fingerprint density at radius 3 is 2.61 bits per heavy atom.